The fourth-order valence-electron chi connectivity index (χ4n) is 3.31. The van der Waals surface area contributed by atoms with E-state index in [1.54, 1.807) is 23.1 Å². The maximum absolute atomic E-state index is 13.9. The van der Waals surface area contributed by atoms with Crippen LogP contribution in [0.1, 0.15) is 25.7 Å². The molecule has 3 rings (SSSR count). The van der Waals surface area contributed by atoms with E-state index in [0.717, 1.165) is 0 Å². The summed E-state index contributed by atoms with van der Waals surface area (Å²) >= 11 is 0. The van der Waals surface area contributed by atoms with Gasteiger partial charge in [0.15, 0.2) is 5.84 Å². The van der Waals surface area contributed by atoms with Gasteiger partial charge in [-0.3, -0.25) is 15.1 Å². The summed E-state index contributed by atoms with van der Waals surface area (Å²) in [4.78, 5) is 17.4. The molecule has 1 aliphatic carbocycles. The van der Waals surface area contributed by atoms with E-state index >= 15 is 0 Å². The van der Waals surface area contributed by atoms with E-state index in [1.807, 2.05) is 0 Å². The van der Waals surface area contributed by atoms with Crippen LogP contribution in [0.15, 0.2) is 41.2 Å². The van der Waals surface area contributed by atoms with Gasteiger partial charge in [0.2, 0.25) is 11.9 Å². The van der Waals surface area contributed by atoms with Gasteiger partial charge in [-0.1, -0.05) is 12.1 Å². The second-order valence-electron chi connectivity index (χ2n) is 6.22. The zero-order chi connectivity index (χ0) is 18.0. The number of aliphatic imine (C=N–C) groups is 1. The van der Waals surface area contributed by atoms with Crippen molar-refractivity contribution in [3.63, 3.8) is 0 Å². The first-order valence-electron chi connectivity index (χ1n) is 8.21. The summed E-state index contributed by atoms with van der Waals surface area (Å²) in [5.74, 6) is -0.272. The highest BCUT2D eigenvalue weighted by Gasteiger charge is 2.36. The van der Waals surface area contributed by atoms with Crippen molar-refractivity contribution in [2.75, 3.05) is 5.32 Å². The van der Waals surface area contributed by atoms with Gasteiger partial charge in [-0.2, -0.15) is 0 Å². The minimum atomic E-state index is -0.403. The van der Waals surface area contributed by atoms with Gasteiger partial charge in [-0.05, 0) is 37.8 Å². The molecule has 0 unspecified atom stereocenters. The van der Waals surface area contributed by atoms with Crippen LogP contribution in [0, 0.1) is 17.1 Å². The predicted octanol–water partition coefficient (Wildman–Crippen LogP) is 1.73. The van der Waals surface area contributed by atoms with Crippen molar-refractivity contribution in [1.29, 1.82) is 5.41 Å². The molecule has 2 aliphatic rings. The zero-order valence-electron chi connectivity index (χ0n) is 13.7. The van der Waals surface area contributed by atoms with Gasteiger partial charge < -0.3 is 16.8 Å². The van der Waals surface area contributed by atoms with Crippen molar-refractivity contribution < 1.29 is 9.18 Å². The van der Waals surface area contributed by atoms with Crippen LogP contribution < -0.4 is 16.8 Å². The van der Waals surface area contributed by atoms with Crippen molar-refractivity contribution in [2.45, 2.75) is 31.7 Å². The van der Waals surface area contributed by atoms with Crippen LogP contribution in [0.4, 0.5) is 10.1 Å². The summed E-state index contributed by atoms with van der Waals surface area (Å²) in [6.07, 6.45) is 3.99. The van der Waals surface area contributed by atoms with E-state index < -0.39 is 5.82 Å². The van der Waals surface area contributed by atoms with Crippen LogP contribution >= 0.6 is 0 Å². The first-order valence-corrected chi connectivity index (χ1v) is 8.21. The van der Waals surface area contributed by atoms with Crippen LogP contribution in [0.2, 0.25) is 0 Å². The molecular formula is C17H21FN6O. The number of primary amides is 1. The topological polar surface area (TPSA) is 121 Å². The lowest BCUT2D eigenvalue weighted by atomic mass is 9.85. The average Bonchev–Trinajstić information content (AvgIpc) is 2.92. The Morgan fingerprint density at radius 2 is 2.00 bits per heavy atom. The number of benzene rings is 1. The number of guanidine groups is 1. The third-order valence-electron chi connectivity index (χ3n) is 4.68. The number of hydrogen-bond donors (Lipinski definition) is 4. The van der Waals surface area contributed by atoms with Crippen molar-refractivity contribution >= 4 is 23.4 Å². The Balaban J connectivity index is 1.81. The Hall–Kier alpha value is -2.90. The van der Waals surface area contributed by atoms with E-state index in [9.17, 15) is 9.18 Å². The Kier molecular flexibility index (Phi) is 4.69. The largest absolute Gasteiger partial charge is 0.403 e. The van der Waals surface area contributed by atoms with E-state index in [-0.39, 0.29) is 29.4 Å². The normalized spacial score (nSPS) is 25.2. The van der Waals surface area contributed by atoms with Crippen molar-refractivity contribution in [2.24, 2.45) is 22.4 Å². The van der Waals surface area contributed by atoms with E-state index in [2.05, 4.69) is 10.3 Å². The van der Waals surface area contributed by atoms with Crippen molar-refractivity contribution in [3.8, 4) is 0 Å². The molecule has 0 spiro atoms. The highest BCUT2D eigenvalue weighted by atomic mass is 19.1. The van der Waals surface area contributed by atoms with Gasteiger partial charge in [-0.25, -0.2) is 9.38 Å². The molecule has 0 atom stereocenters. The Morgan fingerprint density at radius 1 is 1.32 bits per heavy atom. The molecule has 0 radical (unpaired) electrons. The number of anilines is 1. The number of rotatable bonds is 3. The lowest BCUT2D eigenvalue weighted by Crippen LogP contribution is -2.46. The highest BCUT2D eigenvalue weighted by Crippen LogP contribution is 2.31. The number of nitrogens with two attached hydrogens (primary N) is 2. The highest BCUT2D eigenvalue weighted by molar-refractivity contribution is 6.17. The lowest BCUT2D eigenvalue weighted by molar-refractivity contribution is -0.122. The molecule has 1 fully saturated rings. The maximum atomic E-state index is 13.9. The zero-order valence-corrected chi connectivity index (χ0v) is 13.7. The number of carbonyl (C=O) groups is 1. The minimum Gasteiger partial charge on any atom is -0.403 e. The second-order valence-corrected chi connectivity index (χ2v) is 6.22. The molecule has 1 saturated carbocycles. The summed E-state index contributed by atoms with van der Waals surface area (Å²) in [5, 5.41) is 11.3. The molecule has 8 heteroatoms. The van der Waals surface area contributed by atoms with Crippen LogP contribution in [-0.4, -0.2) is 28.6 Å². The van der Waals surface area contributed by atoms with Crippen LogP contribution in [-0.2, 0) is 4.79 Å². The maximum Gasteiger partial charge on any atom is 0.220 e. The van der Waals surface area contributed by atoms with Crippen molar-refractivity contribution in [1.82, 2.24) is 4.90 Å². The first-order chi connectivity index (χ1) is 12.0. The van der Waals surface area contributed by atoms with Crippen LogP contribution in [0.5, 0.6) is 0 Å². The Morgan fingerprint density at radius 3 is 2.60 bits per heavy atom. The molecule has 6 N–H and O–H groups in total. The quantitative estimate of drug-likeness (QED) is 0.667. The van der Waals surface area contributed by atoms with Gasteiger partial charge in [0.1, 0.15) is 11.5 Å². The van der Waals surface area contributed by atoms with Crippen LogP contribution in [0.3, 0.4) is 0 Å². The third-order valence-corrected chi connectivity index (χ3v) is 4.68. The molecule has 1 amide bonds. The number of amidine groups is 1. The summed E-state index contributed by atoms with van der Waals surface area (Å²) in [6.45, 7) is 0. The number of carbonyl (C=O) groups excluding carboxylic acids is 1. The van der Waals surface area contributed by atoms with E-state index in [4.69, 9.17) is 16.9 Å². The number of halogens is 1. The SMILES string of the molecule is N=C1/C(=C\N)N=C(Nc2ccccc2F)N1[C@H]1CC[C@@H](C(N)=O)CC1. The summed E-state index contributed by atoms with van der Waals surface area (Å²) in [5.41, 5.74) is 11.6. The molecule has 25 heavy (non-hydrogen) atoms. The fourth-order valence-corrected chi connectivity index (χ4v) is 3.31. The summed E-state index contributed by atoms with van der Waals surface area (Å²) < 4.78 is 13.9. The molecule has 0 aromatic heterocycles. The number of para-hydroxylation sites is 1. The van der Waals surface area contributed by atoms with E-state index in [1.165, 1.54) is 12.3 Å². The number of nitrogens with zero attached hydrogens (tertiary/aromatic N) is 2. The predicted molar refractivity (Wildman–Crippen MR) is 94.2 cm³/mol. The molecule has 1 aliphatic heterocycles. The van der Waals surface area contributed by atoms with E-state index in [0.29, 0.717) is 37.3 Å². The molecule has 7 nitrogen and oxygen atoms in total. The van der Waals surface area contributed by atoms with Gasteiger partial charge in [0, 0.05) is 18.2 Å². The minimum absolute atomic E-state index is 0.0152. The average molecular weight is 344 g/mol. The van der Waals surface area contributed by atoms with Gasteiger partial charge in [0.25, 0.3) is 0 Å². The summed E-state index contributed by atoms with van der Waals surface area (Å²) in [6, 6.07) is 6.26. The van der Waals surface area contributed by atoms with Gasteiger partial charge >= 0.3 is 0 Å². The standard InChI is InChI=1S/C17H21FN6O/c18-12-3-1-2-4-13(12)22-17-23-14(9-19)15(20)24(17)11-7-5-10(6-8-11)16(21)25/h1-4,9-11,20H,5-8,19H2,(H2,21,25)(H,22,23)/b14-9+,20-15?/t10-,11+. The third kappa shape index (κ3) is 3.33. The number of hydrogen-bond acceptors (Lipinski definition) is 5. The number of amides is 1. The molecule has 1 aromatic carbocycles. The molecule has 1 aromatic rings. The summed E-state index contributed by atoms with van der Waals surface area (Å²) in [7, 11) is 0. The molecule has 0 bridgehead atoms. The Bertz CT molecular complexity index is 751. The Labute approximate surface area is 145 Å². The molecule has 0 saturated heterocycles. The van der Waals surface area contributed by atoms with Gasteiger partial charge in [0.05, 0.1) is 5.69 Å². The van der Waals surface area contributed by atoms with Crippen molar-refractivity contribution in [3.05, 3.63) is 42.0 Å². The molecule has 1 heterocycles. The second kappa shape index (κ2) is 6.92. The smallest absolute Gasteiger partial charge is 0.220 e. The lowest BCUT2D eigenvalue weighted by Gasteiger charge is -2.35. The molecular weight excluding hydrogens is 323 g/mol. The molecule has 132 valence electrons. The first kappa shape index (κ1) is 16.9. The monoisotopic (exact) mass is 344 g/mol. The number of nitrogens with one attached hydrogen (secondary N) is 2. The van der Waals surface area contributed by atoms with Crippen LogP contribution in [0.25, 0.3) is 0 Å². The fraction of sp³-hybridized carbons (Fsp3) is 0.353. The van der Waals surface area contributed by atoms with Gasteiger partial charge in [-0.15, -0.1) is 0 Å².